The second-order valence-electron chi connectivity index (χ2n) is 4.08. The van der Waals surface area contributed by atoms with Crippen LogP contribution in [-0.2, 0) is 7.05 Å². The van der Waals surface area contributed by atoms with Crippen molar-refractivity contribution in [3.05, 3.63) is 11.8 Å². The molecule has 4 heteroatoms. The summed E-state index contributed by atoms with van der Waals surface area (Å²) in [5, 5.41) is 7.71. The van der Waals surface area contributed by atoms with Gasteiger partial charge in [-0.3, -0.25) is 4.68 Å². The van der Waals surface area contributed by atoms with E-state index in [4.69, 9.17) is 0 Å². The Bertz CT molecular complexity index is 298. The van der Waals surface area contributed by atoms with Crippen LogP contribution in [0.5, 0.6) is 0 Å². The first-order chi connectivity index (χ1) is 6.68. The van der Waals surface area contributed by atoms with Crippen molar-refractivity contribution in [2.75, 3.05) is 24.5 Å². The summed E-state index contributed by atoms with van der Waals surface area (Å²) in [6.07, 6.45) is 1.93. The van der Waals surface area contributed by atoms with Crippen LogP contribution in [0.25, 0.3) is 0 Å². The van der Waals surface area contributed by atoms with Crippen molar-refractivity contribution in [3.8, 4) is 0 Å². The molecule has 1 unspecified atom stereocenters. The van der Waals surface area contributed by atoms with Gasteiger partial charge in [-0.05, 0) is 13.8 Å². The van der Waals surface area contributed by atoms with Crippen LogP contribution >= 0.6 is 0 Å². The van der Waals surface area contributed by atoms with Crippen molar-refractivity contribution in [1.82, 2.24) is 15.1 Å². The fourth-order valence-electron chi connectivity index (χ4n) is 2.12. The molecule has 1 atom stereocenters. The Morgan fingerprint density at radius 1 is 1.57 bits per heavy atom. The van der Waals surface area contributed by atoms with Gasteiger partial charge in [0.1, 0.15) is 5.82 Å². The number of aryl methyl sites for hydroxylation is 2. The van der Waals surface area contributed by atoms with Gasteiger partial charge in [0.05, 0.1) is 6.20 Å². The monoisotopic (exact) mass is 194 g/mol. The summed E-state index contributed by atoms with van der Waals surface area (Å²) >= 11 is 0. The zero-order valence-corrected chi connectivity index (χ0v) is 9.12. The van der Waals surface area contributed by atoms with E-state index in [1.54, 1.807) is 0 Å². The lowest BCUT2D eigenvalue weighted by molar-refractivity contribution is 0.477. The molecule has 14 heavy (non-hydrogen) atoms. The standard InChI is InChI=1S/C10H18N4/c1-8-6-12-13(3)10(8)14-5-4-11-9(2)7-14/h6,9,11H,4-5,7H2,1-3H3. The molecule has 0 aliphatic carbocycles. The summed E-state index contributed by atoms with van der Waals surface area (Å²) in [4.78, 5) is 2.41. The van der Waals surface area contributed by atoms with Gasteiger partial charge < -0.3 is 10.2 Å². The highest BCUT2D eigenvalue weighted by Crippen LogP contribution is 2.19. The topological polar surface area (TPSA) is 33.1 Å². The Labute approximate surface area is 84.9 Å². The molecule has 1 fully saturated rings. The number of hydrogen-bond acceptors (Lipinski definition) is 3. The minimum Gasteiger partial charge on any atom is -0.354 e. The molecular formula is C10H18N4. The molecule has 78 valence electrons. The number of rotatable bonds is 1. The van der Waals surface area contributed by atoms with Crippen molar-refractivity contribution < 1.29 is 0 Å². The van der Waals surface area contributed by atoms with Gasteiger partial charge in [0.2, 0.25) is 0 Å². The minimum atomic E-state index is 0.568. The number of anilines is 1. The lowest BCUT2D eigenvalue weighted by atomic mass is 10.2. The maximum atomic E-state index is 4.27. The van der Waals surface area contributed by atoms with Crippen LogP contribution in [0.1, 0.15) is 12.5 Å². The van der Waals surface area contributed by atoms with Gasteiger partial charge in [-0.1, -0.05) is 0 Å². The first kappa shape index (κ1) is 9.52. The number of nitrogens with one attached hydrogen (secondary N) is 1. The van der Waals surface area contributed by atoms with E-state index in [2.05, 4.69) is 29.2 Å². The highest BCUT2D eigenvalue weighted by molar-refractivity contribution is 5.46. The third-order valence-electron chi connectivity index (χ3n) is 2.75. The molecule has 2 rings (SSSR count). The minimum absolute atomic E-state index is 0.568. The lowest BCUT2D eigenvalue weighted by Gasteiger charge is -2.33. The van der Waals surface area contributed by atoms with Crippen LogP contribution in [-0.4, -0.2) is 35.5 Å². The second kappa shape index (κ2) is 3.61. The van der Waals surface area contributed by atoms with Gasteiger partial charge >= 0.3 is 0 Å². The number of piperazine rings is 1. The van der Waals surface area contributed by atoms with E-state index in [-0.39, 0.29) is 0 Å². The van der Waals surface area contributed by atoms with Gasteiger partial charge in [-0.2, -0.15) is 5.10 Å². The molecule has 4 nitrogen and oxygen atoms in total. The molecule has 1 aromatic heterocycles. The average Bonchev–Trinajstić information content (AvgIpc) is 2.46. The third kappa shape index (κ3) is 1.62. The fourth-order valence-corrected chi connectivity index (χ4v) is 2.12. The highest BCUT2D eigenvalue weighted by atomic mass is 15.4. The van der Waals surface area contributed by atoms with Crippen LogP contribution < -0.4 is 10.2 Å². The molecule has 0 radical (unpaired) electrons. The van der Waals surface area contributed by atoms with Crippen molar-refractivity contribution >= 4 is 5.82 Å². The van der Waals surface area contributed by atoms with Crippen molar-refractivity contribution in [2.45, 2.75) is 19.9 Å². The summed E-state index contributed by atoms with van der Waals surface area (Å²) in [5.41, 5.74) is 1.27. The zero-order chi connectivity index (χ0) is 10.1. The Morgan fingerprint density at radius 3 is 2.93 bits per heavy atom. The van der Waals surface area contributed by atoms with E-state index < -0.39 is 0 Å². The normalized spacial score (nSPS) is 22.8. The maximum absolute atomic E-state index is 4.27. The van der Waals surface area contributed by atoms with E-state index in [1.807, 2.05) is 17.9 Å². The molecule has 1 aromatic rings. The molecule has 1 aliphatic rings. The second-order valence-corrected chi connectivity index (χ2v) is 4.08. The molecule has 0 amide bonds. The molecule has 1 saturated heterocycles. The fraction of sp³-hybridized carbons (Fsp3) is 0.700. The molecule has 0 aromatic carbocycles. The first-order valence-corrected chi connectivity index (χ1v) is 5.15. The SMILES string of the molecule is Cc1cnn(C)c1N1CCNC(C)C1. The third-order valence-corrected chi connectivity index (χ3v) is 2.75. The molecule has 0 spiro atoms. The van der Waals surface area contributed by atoms with Crippen LogP contribution in [0.2, 0.25) is 0 Å². The highest BCUT2D eigenvalue weighted by Gasteiger charge is 2.19. The van der Waals surface area contributed by atoms with Gasteiger partial charge in [-0.15, -0.1) is 0 Å². The maximum Gasteiger partial charge on any atom is 0.129 e. The molecule has 1 aliphatic heterocycles. The first-order valence-electron chi connectivity index (χ1n) is 5.15. The summed E-state index contributed by atoms with van der Waals surface area (Å²) in [6, 6.07) is 0.568. The molecule has 1 N–H and O–H groups in total. The van der Waals surface area contributed by atoms with Crippen LogP contribution in [0.3, 0.4) is 0 Å². The Balaban J connectivity index is 2.21. The van der Waals surface area contributed by atoms with Gasteiger partial charge in [0.15, 0.2) is 0 Å². The van der Waals surface area contributed by atoms with E-state index >= 15 is 0 Å². The zero-order valence-electron chi connectivity index (χ0n) is 9.12. The van der Waals surface area contributed by atoms with E-state index in [0.29, 0.717) is 6.04 Å². The summed E-state index contributed by atoms with van der Waals surface area (Å²) in [7, 11) is 2.01. The smallest absolute Gasteiger partial charge is 0.129 e. The molecule has 0 saturated carbocycles. The predicted octanol–water partition coefficient (Wildman–Crippen LogP) is 0.527. The van der Waals surface area contributed by atoms with Crippen molar-refractivity contribution in [1.29, 1.82) is 0 Å². The molecule has 0 bridgehead atoms. The summed E-state index contributed by atoms with van der Waals surface area (Å²) < 4.78 is 1.97. The number of hydrogen-bond donors (Lipinski definition) is 1. The Kier molecular flexibility index (Phi) is 2.46. The predicted molar refractivity (Wildman–Crippen MR) is 57.6 cm³/mol. The van der Waals surface area contributed by atoms with Gasteiger partial charge in [0, 0.05) is 38.3 Å². The van der Waals surface area contributed by atoms with E-state index in [1.165, 1.54) is 11.4 Å². The molecular weight excluding hydrogens is 176 g/mol. The van der Waals surface area contributed by atoms with Gasteiger partial charge in [-0.25, -0.2) is 0 Å². The average molecular weight is 194 g/mol. The largest absolute Gasteiger partial charge is 0.354 e. The van der Waals surface area contributed by atoms with E-state index in [9.17, 15) is 0 Å². The summed E-state index contributed by atoms with van der Waals surface area (Å²) in [6.45, 7) is 7.55. The Hall–Kier alpha value is -1.03. The molecule has 2 heterocycles. The number of nitrogens with zero attached hydrogens (tertiary/aromatic N) is 3. The Morgan fingerprint density at radius 2 is 2.36 bits per heavy atom. The van der Waals surface area contributed by atoms with E-state index in [0.717, 1.165) is 19.6 Å². The quantitative estimate of drug-likeness (QED) is 0.708. The van der Waals surface area contributed by atoms with Gasteiger partial charge in [0.25, 0.3) is 0 Å². The van der Waals surface area contributed by atoms with Crippen LogP contribution in [0.15, 0.2) is 6.20 Å². The van der Waals surface area contributed by atoms with Crippen LogP contribution in [0, 0.1) is 6.92 Å². The number of aromatic nitrogens is 2. The van der Waals surface area contributed by atoms with Crippen LogP contribution in [0.4, 0.5) is 5.82 Å². The van der Waals surface area contributed by atoms with Crippen molar-refractivity contribution in [3.63, 3.8) is 0 Å². The lowest BCUT2D eigenvalue weighted by Crippen LogP contribution is -2.50. The van der Waals surface area contributed by atoms with Crippen molar-refractivity contribution in [2.24, 2.45) is 7.05 Å². The summed E-state index contributed by atoms with van der Waals surface area (Å²) in [5.74, 6) is 1.26.